The molecule has 8 nitrogen and oxygen atoms in total. The van der Waals surface area contributed by atoms with E-state index in [1.165, 1.54) is 0 Å². The molecule has 2 saturated heterocycles. The third-order valence-corrected chi connectivity index (χ3v) is 6.69. The molecule has 0 N–H and O–H groups in total. The van der Waals surface area contributed by atoms with E-state index >= 15 is 0 Å². The van der Waals surface area contributed by atoms with Crippen molar-refractivity contribution in [2.24, 2.45) is 5.41 Å². The number of piperidine rings is 2. The Morgan fingerprint density at radius 3 is 2.77 bits per heavy atom. The van der Waals surface area contributed by atoms with Gasteiger partial charge in [0.05, 0.1) is 24.9 Å². The highest BCUT2D eigenvalue weighted by Gasteiger charge is 2.46. The molecular formula is C23H28N4O4. The number of anilines is 1. The van der Waals surface area contributed by atoms with Gasteiger partial charge in [-0.1, -0.05) is 12.1 Å². The summed E-state index contributed by atoms with van der Waals surface area (Å²) in [6, 6.07) is 5.93. The van der Waals surface area contributed by atoms with Crippen molar-refractivity contribution in [3.8, 4) is 17.4 Å². The topological polar surface area (TPSA) is 77.0 Å². The summed E-state index contributed by atoms with van der Waals surface area (Å²) in [6.45, 7) is 4.05. The number of likely N-dealkylation sites (tertiary alicyclic amines) is 1. The Morgan fingerprint density at radius 1 is 1.10 bits per heavy atom. The zero-order valence-electron chi connectivity index (χ0n) is 17.9. The number of methoxy groups -OCH3 is 1. The fraction of sp³-hybridized carbons (Fsp3) is 0.522. The predicted molar refractivity (Wildman–Crippen MR) is 115 cm³/mol. The second kappa shape index (κ2) is 8.24. The number of ether oxygens (including phenoxy) is 3. The number of amides is 1. The quantitative estimate of drug-likeness (QED) is 0.747. The van der Waals surface area contributed by atoms with Crippen LogP contribution in [0.1, 0.15) is 31.2 Å². The fourth-order valence-electron chi connectivity index (χ4n) is 4.98. The molecule has 0 aliphatic carbocycles. The number of hydrogen-bond donors (Lipinski definition) is 0. The molecule has 8 heteroatoms. The van der Waals surface area contributed by atoms with Crippen molar-refractivity contribution >= 4 is 11.7 Å². The SMILES string of the molecule is COc1cncc(N2CCC3(CCCN(Cc4cccc5c4OCCO5)C3=O)CC2)n1. The summed E-state index contributed by atoms with van der Waals surface area (Å²) < 4.78 is 16.8. The number of benzene rings is 1. The molecule has 4 heterocycles. The first-order chi connectivity index (χ1) is 15.2. The van der Waals surface area contributed by atoms with Crippen LogP contribution < -0.4 is 19.1 Å². The lowest BCUT2D eigenvalue weighted by Gasteiger charge is -2.46. The normalized spacial score (nSPS) is 20.1. The van der Waals surface area contributed by atoms with Gasteiger partial charge in [0.1, 0.15) is 13.2 Å². The van der Waals surface area contributed by atoms with Crippen LogP contribution in [0, 0.1) is 5.41 Å². The Hall–Kier alpha value is -3.03. The number of carbonyl (C=O) groups is 1. The molecule has 3 aliphatic heterocycles. The average molecular weight is 425 g/mol. The first kappa shape index (κ1) is 19.9. The van der Waals surface area contributed by atoms with Crippen LogP contribution in [0.15, 0.2) is 30.6 Å². The van der Waals surface area contributed by atoms with E-state index in [0.717, 1.165) is 68.2 Å². The minimum atomic E-state index is -0.284. The van der Waals surface area contributed by atoms with Crippen LogP contribution in [-0.2, 0) is 11.3 Å². The minimum absolute atomic E-state index is 0.268. The van der Waals surface area contributed by atoms with Gasteiger partial charge in [0, 0.05) is 31.7 Å². The molecule has 0 saturated carbocycles. The van der Waals surface area contributed by atoms with E-state index in [1.807, 2.05) is 23.1 Å². The molecule has 1 aromatic heterocycles. The van der Waals surface area contributed by atoms with E-state index in [1.54, 1.807) is 19.5 Å². The number of aromatic nitrogens is 2. The lowest BCUT2D eigenvalue weighted by Crippen LogP contribution is -2.53. The van der Waals surface area contributed by atoms with Crippen molar-refractivity contribution < 1.29 is 19.0 Å². The Kier molecular flexibility index (Phi) is 5.29. The van der Waals surface area contributed by atoms with E-state index in [4.69, 9.17) is 14.2 Å². The van der Waals surface area contributed by atoms with E-state index in [-0.39, 0.29) is 11.3 Å². The highest BCUT2D eigenvalue weighted by molar-refractivity contribution is 5.84. The van der Waals surface area contributed by atoms with Gasteiger partial charge in [-0.15, -0.1) is 0 Å². The number of fused-ring (bicyclic) bond motifs is 1. The smallest absolute Gasteiger partial charge is 0.233 e. The van der Waals surface area contributed by atoms with Crippen LogP contribution >= 0.6 is 0 Å². The Balaban J connectivity index is 1.29. The van der Waals surface area contributed by atoms with E-state index in [0.29, 0.717) is 25.6 Å². The van der Waals surface area contributed by atoms with Gasteiger partial charge in [0.2, 0.25) is 11.8 Å². The Labute approximate surface area is 182 Å². The first-order valence-electron chi connectivity index (χ1n) is 11.0. The highest BCUT2D eigenvalue weighted by Crippen LogP contribution is 2.43. The molecule has 5 rings (SSSR count). The van der Waals surface area contributed by atoms with E-state index in [9.17, 15) is 4.79 Å². The number of nitrogens with zero attached hydrogens (tertiary/aromatic N) is 4. The summed E-state index contributed by atoms with van der Waals surface area (Å²) in [5.41, 5.74) is 0.736. The molecule has 0 bridgehead atoms. The van der Waals surface area contributed by atoms with Crippen LogP contribution in [-0.4, -0.2) is 60.7 Å². The third kappa shape index (κ3) is 3.75. The van der Waals surface area contributed by atoms with Crippen LogP contribution in [0.2, 0.25) is 0 Å². The van der Waals surface area contributed by atoms with Crippen molar-refractivity contribution in [1.82, 2.24) is 14.9 Å². The molecule has 2 fully saturated rings. The second-order valence-electron chi connectivity index (χ2n) is 8.46. The van der Waals surface area contributed by atoms with Gasteiger partial charge in [-0.05, 0) is 31.7 Å². The summed E-state index contributed by atoms with van der Waals surface area (Å²) in [5, 5.41) is 0. The number of rotatable bonds is 4. The van der Waals surface area contributed by atoms with Gasteiger partial charge in [-0.3, -0.25) is 9.78 Å². The maximum atomic E-state index is 13.6. The molecule has 1 aromatic carbocycles. The van der Waals surface area contributed by atoms with Gasteiger partial charge in [0.25, 0.3) is 0 Å². The van der Waals surface area contributed by atoms with E-state index in [2.05, 4.69) is 14.9 Å². The molecule has 1 spiro atoms. The number of carbonyl (C=O) groups excluding carboxylic acids is 1. The average Bonchev–Trinajstić information content (AvgIpc) is 2.83. The van der Waals surface area contributed by atoms with Crippen molar-refractivity contribution in [3.63, 3.8) is 0 Å². The van der Waals surface area contributed by atoms with Crippen molar-refractivity contribution in [2.75, 3.05) is 44.9 Å². The van der Waals surface area contributed by atoms with Gasteiger partial charge < -0.3 is 24.0 Å². The highest BCUT2D eigenvalue weighted by atomic mass is 16.6. The molecule has 0 unspecified atom stereocenters. The number of hydrogen-bond acceptors (Lipinski definition) is 7. The number of para-hydroxylation sites is 1. The van der Waals surface area contributed by atoms with Crippen molar-refractivity contribution in [2.45, 2.75) is 32.2 Å². The monoisotopic (exact) mass is 424 g/mol. The van der Waals surface area contributed by atoms with Gasteiger partial charge >= 0.3 is 0 Å². The molecule has 31 heavy (non-hydrogen) atoms. The molecule has 2 aromatic rings. The standard InChI is InChI=1S/C23H28N4O4/c1-29-20-15-24-14-19(25-20)26-10-7-23(8-11-26)6-3-9-27(22(23)28)16-17-4-2-5-18-21(17)31-13-12-30-18/h2,4-5,14-15H,3,6-13,16H2,1H3. The molecule has 1 amide bonds. The molecule has 0 radical (unpaired) electrons. The first-order valence-corrected chi connectivity index (χ1v) is 11.0. The Bertz CT molecular complexity index is 958. The van der Waals surface area contributed by atoms with Crippen LogP contribution in [0.25, 0.3) is 0 Å². The maximum absolute atomic E-state index is 13.6. The predicted octanol–water partition coefficient (Wildman–Crippen LogP) is 2.67. The second-order valence-corrected chi connectivity index (χ2v) is 8.46. The Morgan fingerprint density at radius 2 is 1.94 bits per heavy atom. The summed E-state index contributed by atoms with van der Waals surface area (Å²) in [7, 11) is 1.59. The third-order valence-electron chi connectivity index (χ3n) is 6.69. The molecule has 3 aliphatic rings. The van der Waals surface area contributed by atoms with Crippen LogP contribution in [0.5, 0.6) is 17.4 Å². The van der Waals surface area contributed by atoms with Gasteiger partial charge in [-0.2, -0.15) is 4.98 Å². The zero-order chi connectivity index (χ0) is 21.3. The zero-order valence-corrected chi connectivity index (χ0v) is 17.9. The lowest BCUT2D eigenvalue weighted by molar-refractivity contribution is -0.148. The van der Waals surface area contributed by atoms with Gasteiger partial charge in [0.15, 0.2) is 17.3 Å². The van der Waals surface area contributed by atoms with Crippen molar-refractivity contribution in [1.29, 1.82) is 0 Å². The largest absolute Gasteiger partial charge is 0.486 e. The van der Waals surface area contributed by atoms with E-state index < -0.39 is 0 Å². The van der Waals surface area contributed by atoms with Crippen LogP contribution in [0.4, 0.5) is 5.82 Å². The van der Waals surface area contributed by atoms with Crippen LogP contribution in [0.3, 0.4) is 0 Å². The fourth-order valence-corrected chi connectivity index (χ4v) is 4.98. The van der Waals surface area contributed by atoms with Crippen molar-refractivity contribution in [3.05, 3.63) is 36.2 Å². The summed E-state index contributed by atoms with van der Waals surface area (Å²) in [4.78, 5) is 26.5. The summed E-state index contributed by atoms with van der Waals surface area (Å²) in [5.74, 6) is 3.14. The molecule has 164 valence electrons. The minimum Gasteiger partial charge on any atom is -0.486 e. The summed E-state index contributed by atoms with van der Waals surface area (Å²) in [6.07, 6.45) is 7.00. The maximum Gasteiger partial charge on any atom is 0.233 e. The molecule has 0 atom stereocenters. The lowest BCUT2D eigenvalue weighted by atomic mass is 9.71. The van der Waals surface area contributed by atoms with Gasteiger partial charge in [-0.25, -0.2) is 0 Å². The molecular weight excluding hydrogens is 396 g/mol. The summed E-state index contributed by atoms with van der Waals surface area (Å²) >= 11 is 0.